The topological polar surface area (TPSA) is 0 Å². The molecule has 1 heteroatoms. The summed E-state index contributed by atoms with van der Waals surface area (Å²) < 4.78 is 0. The van der Waals surface area contributed by atoms with Gasteiger partial charge in [-0.15, -0.1) is 0 Å². The molecule has 0 fully saturated rings. The van der Waals surface area contributed by atoms with Crippen LogP contribution >= 0.6 is 0 Å². The number of hydrogen-bond donors (Lipinski definition) is 0. The van der Waals surface area contributed by atoms with Gasteiger partial charge in [0.1, 0.15) is 0 Å². The van der Waals surface area contributed by atoms with E-state index >= 15 is 0 Å². The van der Waals surface area contributed by atoms with Crippen LogP contribution in [0.2, 0.25) is 0 Å². The molecule has 0 amide bonds. The van der Waals surface area contributed by atoms with E-state index in [1.165, 1.54) is 32.8 Å². The van der Waals surface area contributed by atoms with Gasteiger partial charge in [-0.1, -0.05) is 71.6 Å². The highest BCUT2D eigenvalue weighted by atomic mass is 14.1. The molecule has 0 saturated carbocycles. The fourth-order valence-corrected chi connectivity index (χ4v) is 2.91. The molecular formula is C16H11B. The average molecular weight is 214 g/mol. The van der Waals surface area contributed by atoms with Crippen molar-refractivity contribution in [2.75, 3.05) is 0 Å². The molecule has 1 aliphatic heterocycles. The standard InChI is InChI=1S/C16H11B/c1-2-6-12-11(5-1)9-10-15-16(12)13-7-3-4-8-14(13)17-15/h1-10,17H. The van der Waals surface area contributed by atoms with E-state index in [9.17, 15) is 0 Å². The van der Waals surface area contributed by atoms with E-state index in [4.69, 9.17) is 0 Å². The molecule has 3 aromatic rings. The lowest BCUT2D eigenvalue weighted by Gasteiger charge is -2.06. The van der Waals surface area contributed by atoms with Gasteiger partial charge in [0, 0.05) is 0 Å². The molecule has 1 heterocycles. The Kier molecular flexibility index (Phi) is 1.73. The predicted molar refractivity (Wildman–Crippen MR) is 75.8 cm³/mol. The largest absolute Gasteiger partial charge is 0.193 e. The van der Waals surface area contributed by atoms with Gasteiger partial charge in [-0.3, -0.25) is 0 Å². The second-order valence-electron chi connectivity index (χ2n) is 4.65. The molecule has 0 bridgehead atoms. The van der Waals surface area contributed by atoms with Gasteiger partial charge >= 0.3 is 0 Å². The van der Waals surface area contributed by atoms with E-state index in [1.807, 2.05) is 0 Å². The SMILES string of the molecule is B1c2ccccc2-c2c1ccc1ccccc21. The van der Waals surface area contributed by atoms with Crippen LogP contribution in [0.3, 0.4) is 0 Å². The molecule has 4 rings (SSSR count). The summed E-state index contributed by atoms with van der Waals surface area (Å²) in [6, 6.07) is 21.9. The molecule has 0 aromatic heterocycles. The van der Waals surface area contributed by atoms with Gasteiger partial charge in [0.05, 0.1) is 0 Å². The minimum absolute atomic E-state index is 1.08. The second kappa shape index (κ2) is 3.24. The van der Waals surface area contributed by atoms with Crippen LogP contribution in [-0.4, -0.2) is 7.28 Å². The Bertz CT molecular complexity index is 728. The molecule has 0 saturated heterocycles. The summed E-state index contributed by atoms with van der Waals surface area (Å²) in [5.41, 5.74) is 5.78. The Morgan fingerprint density at radius 2 is 1.47 bits per heavy atom. The van der Waals surface area contributed by atoms with Crippen molar-refractivity contribution < 1.29 is 0 Å². The summed E-state index contributed by atoms with van der Waals surface area (Å²) in [6.45, 7) is 0. The molecule has 0 aliphatic carbocycles. The van der Waals surface area contributed by atoms with Crippen molar-refractivity contribution in [2.24, 2.45) is 0 Å². The van der Waals surface area contributed by atoms with E-state index < -0.39 is 0 Å². The molecule has 0 N–H and O–H groups in total. The summed E-state index contributed by atoms with van der Waals surface area (Å²) in [7, 11) is 1.08. The van der Waals surface area contributed by atoms with Crippen molar-refractivity contribution in [3.8, 4) is 11.1 Å². The molecule has 0 unspecified atom stereocenters. The van der Waals surface area contributed by atoms with E-state index in [2.05, 4.69) is 60.7 Å². The Hall–Kier alpha value is -2.02. The highest BCUT2D eigenvalue weighted by Crippen LogP contribution is 2.28. The lowest BCUT2D eigenvalue weighted by Crippen LogP contribution is -2.20. The summed E-state index contributed by atoms with van der Waals surface area (Å²) in [5, 5.41) is 2.72. The molecule has 1 aliphatic rings. The van der Waals surface area contributed by atoms with E-state index in [1.54, 1.807) is 0 Å². The van der Waals surface area contributed by atoms with Gasteiger partial charge < -0.3 is 0 Å². The molecule has 0 atom stereocenters. The summed E-state index contributed by atoms with van der Waals surface area (Å²) in [4.78, 5) is 0. The van der Waals surface area contributed by atoms with Crippen molar-refractivity contribution in [3.05, 3.63) is 60.7 Å². The maximum Gasteiger partial charge on any atom is 0.193 e. The number of rotatable bonds is 0. The van der Waals surface area contributed by atoms with Gasteiger partial charge in [-0.05, 0) is 21.9 Å². The molecule has 17 heavy (non-hydrogen) atoms. The summed E-state index contributed by atoms with van der Waals surface area (Å²) >= 11 is 0. The van der Waals surface area contributed by atoms with Crippen LogP contribution in [0.1, 0.15) is 0 Å². The van der Waals surface area contributed by atoms with Crippen molar-refractivity contribution in [3.63, 3.8) is 0 Å². The van der Waals surface area contributed by atoms with Gasteiger partial charge in [0.25, 0.3) is 0 Å². The first kappa shape index (κ1) is 9.06. The maximum atomic E-state index is 2.28. The van der Waals surface area contributed by atoms with Crippen molar-refractivity contribution in [1.82, 2.24) is 0 Å². The quantitative estimate of drug-likeness (QED) is 0.393. The van der Waals surface area contributed by atoms with Gasteiger partial charge in [0.2, 0.25) is 0 Å². The molecule has 78 valence electrons. The van der Waals surface area contributed by atoms with Gasteiger partial charge in [-0.2, -0.15) is 0 Å². The molecule has 3 aromatic carbocycles. The predicted octanol–water partition coefficient (Wildman–Crippen LogP) is 2.21. The molecule has 0 spiro atoms. The number of fused-ring (bicyclic) bond motifs is 5. The van der Waals surface area contributed by atoms with Gasteiger partial charge in [-0.25, -0.2) is 0 Å². The Morgan fingerprint density at radius 3 is 2.47 bits per heavy atom. The van der Waals surface area contributed by atoms with E-state index in [0.717, 1.165) is 7.28 Å². The zero-order valence-electron chi connectivity index (χ0n) is 9.48. The van der Waals surface area contributed by atoms with Crippen LogP contribution in [0.4, 0.5) is 0 Å². The van der Waals surface area contributed by atoms with Crippen molar-refractivity contribution in [1.29, 1.82) is 0 Å². The summed E-state index contributed by atoms with van der Waals surface area (Å²) in [5.74, 6) is 0. The number of hydrogen-bond acceptors (Lipinski definition) is 0. The highest BCUT2D eigenvalue weighted by Gasteiger charge is 2.20. The van der Waals surface area contributed by atoms with Crippen LogP contribution in [0.5, 0.6) is 0 Å². The van der Waals surface area contributed by atoms with E-state index in [-0.39, 0.29) is 0 Å². The Balaban J connectivity index is 2.17. The first-order chi connectivity index (χ1) is 8.43. The lowest BCUT2D eigenvalue weighted by molar-refractivity contribution is 1.73. The molecule has 0 nitrogen and oxygen atoms in total. The highest BCUT2D eigenvalue weighted by molar-refractivity contribution is 6.74. The van der Waals surface area contributed by atoms with E-state index in [0.29, 0.717) is 0 Å². The Labute approximate surface area is 101 Å². The fourth-order valence-electron chi connectivity index (χ4n) is 2.91. The monoisotopic (exact) mass is 214 g/mol. The van der Waals surface area contributed by atoms with Crippen molar-refractivity contribution >= 4 is 29.0 Å². The summed E-state index contributed by atoms with van der Waals surface area (Å²) in [6.07, 6.45) is 0. The van der Waals surface area contributed by atoms with Crippen LogP contribution in [0.15, 0.2) is 60.7 Å². The third kappa shape index (κ3) is 1.20. The first-order valence-electron chi connectivity index (χ1n) is 6.02. The minimum Gasteiger partial charge on any atom is -0.0708 e. The normalized spacial score (nSPS) is 12.0. The van der Waals surface area contributed by atoms with Crippen LogP contribution in [-0.2, 0) is 0 Å². The maximum absolute atomic E-state index is 2.28. The minimum atomic E-state index is 1.08. The average Bonchev–Trinajstić information content (AvgIpc) is 2.77. The first-order valence-corrected chi connectivity index (χ1v) is 6.02. The second-order valence-corrected chi connectivity index (χ2v) is 4.65. The Morgan fingerprint density at radius 1 is 0.647 bits per heavy atom. The fraction of sp³-hybridized carbons (Fsp3) is 0. The zero-order valence-corrected chi connectivity index (χ0v) is 9.48. The smallest absolute Gasteiger partial charge is 0.0708 e. The van der Waals surface area contributed by atoms with Crippen LogP contribution < -0.4 is 10.9 Å². The third-order valence-electron chi connectivity index (χ3n) is 3.68. The van der Waals surface area contributed by atoms with Gasteiger partial charge in [0.15, 0.2) is 7.28 Å². The zero-order chi connectivity index (χ0) is 11.2. The third-order valence-corrected chi connectivity index (χ3v) is 3.68. The molecular weight excluding hydrogens is 203 g/mol. The lowest BCUT2D eigenvalue weighted by atomic mass is 9.68. The molecule has 0 radical (unpaired) electrons. The van der Waals surface area contributed by atoms with Crippen molar-refractivity contribution in [2.45, 2.75) is 0 Å². The van der Waals surface area contributed by atoms with Crippen LogP contribution in [0, 0.1) is 0 Å². The number of benzene rings is 3. The van der Waals surface area contributed by atoms with Crippen LogP contribution in [0.25, 0.3) is 21.9 Å².